The molecule has 13 heavy (non-hydrogen) atoms. The van der Waals surface area contributed by atoms with Gasteiger partial charge in [0.1, 0.15) is 16.5 Å². The van der Waals surface area contributed by atoms with Gasteiger partial charge < -0.3 is 4.74 Å². The standard InChI is InChI=1S/C9H12O3S/c1-12-9-4-2-8(3-5-9)6-7-13(10)11/h2-5,13H,6-7H2,1H3. The summed E-state index contributed by atoms with van der Waals surface area (Å²) in [5.74, 6) is 0.997. The molecule has 0 spiro atoms. The van der Waals surface area contributed by atoms with Crippen LogP contribution in [0, 0.1) is 0 Å². The number of aryl methyl sites for hydroxylation is 1. The molecule has 0 atom stereocenters. The van der Waals surface area contributed by atoms with E-state index in [0.29, 0.717) is 6.42 Å². The summed E-state index contributed by atoms with van der Waals surface area (Å²) in [6.07, 6.45) is 0.572. The van der Waals surface area contributed by atoms with Gasteiger partial charge in [-0.05, 0) is 24.1 Å². The van der Waals surface area contributed by atoms with Gasteiger partial charge in [-0.25, -0.2) is 8.42 Å². The van der Waals surface area contributed by atoms with Crippen LogP contribution in [-0.4, -0.2) is 21.3 Å². The van der Waals surface area contributed by atoms with E-state index in [-0.39, 0.29) is 5.75 Å². The third-order valence-corrected chi connectivity index (χ3v) is 2.33. The van der Waals surface area contributed by atoms with E-state index in [2.05, 4.69) is 0 Å². The molecular weight excluding hydrogens is 188 g/mol. The van der Waals surface area contributed by atoms with Gasteiger partial charge in [-0.3, -0.25) is 0 Å². The highest BCUT2D eigenvalue weighted by atomic mass is 32.2. The fraction of sp³-hybridized carbons (Fsp3) is 0.333. The lowest BCUT2D eigenvalue weighted by molar-refractivity contribution is 0.414. The van der Waals surface area contributed by atoms with Crippen molar-refractivity contribution in [2.24, 2.45) is 0 Å². The highest BCUT2D eigenvalue weighted by Crippen LogP contribution is 2.11. The van der Waals surface area contributed by atoms with E-state index >= 15 is 0 Å². The molecular formula is C9H12O3S. The van der Waals surface area contributed by atoms with Crippen LogP contribution in [0.2, 0.25) is 0 Å². The minimum Gasteiger partial charge on any atom is -0.497 e. The molecule has 1 aromatic carbocycles. The van der Waals surface area contributed by atoms with E-state index in [1.54, 1.807) is 7.11 Å². The molecule has 0 amide bonds. The number of rotatable bonds is 4. The van der Waals surface area contributed by atoms with Crippen LogP contribution in [0.5, 0.6) is 5.75 Å². The topological polar surface area (TPSA) is 43.4 Å². The van der Waals surface area contributed by atoms with Crippen LogP contribution in [0.4, 0.5) is 0 Å². The number of hydrogen-bond acceptors (Lipinski definition) is 3. The molecule has 0 bridgehead atoms. The van der Waals surface area contributed by atoms with E-state index in [1.807, 2.05) is 24.3 Å². The van der Waals surface area contributed by atoms with Crippen molar-refractivity contribution in [3.63, 3.8) is 0 Å². The molecule has 0 unspecified atom stereocenters. The van der Waals surface area contributed by atoms with Crippen molar-refractivity contribution >= 4 is 10.7 Å². The second-order valence-corrected chi connectivity index (χ2v) is 3.77. The maximum absolute atomic E-state index is 10.3. The van der Waals surface area contributed by atoms with E-state index in [4.69, 9.17) is 4.74 Å². The Morgan fingerprint density at radius 3 is 2.31 bits per heavy atom. The van der Waals surface area contributed by atoms with Gasteiger partial charge in [0.2, 0.25) is 0 Å². The highest BCUT2D eigenvalue weighted by molar-refractivity contribution is 7.72. The number of ether oxygens (including phenoxy) is 1. The molecule has 0 aliphatic carbocycles. The number of methoxy groups -OCH3 is 1. The zero-order valence-corrected chi connectivity index (χ0v) is 8.29. The van der Waals surface area contributed by atoms with Crippen LogP contribution < -0.4 is 4.74 Å². The fourth-order valence-electron chi connectivity index (χ4n) is 1.01. The Kier molecular flexibility index (Phi) is 3.76. The average Bonchev–Trinajstić information content (AvgIpc) is 2.15. The van der Waals surface area contributed by atoms with E-state index in [1.165, 1.54) is 0 Å². The van der Waals surface area contributed by atoms with Gasteiger partial charge in [0.15, 0.2) is 0 Å². The Morgan fingerprint density at radius 1 is 1.23 bits per heavy atom. The lowest BCUT2D eigenvalue weighted by Gasteiger charge is -2.00. The molecule has 0 saturated carbocycles. The number of hydrogen-bond donors (Lipinski definition) is 1. The Bertz CT molecular complexity index is 319. The van der Waals surface area contributed by atoms with E-state index in [9.17, 15) is 8.42 Å². The van der Waals surface area contributed by atoms with Crippen molar-refractivity contribution in [2.75, 3.05) is 12.9 Å². The highest BCUT2D eigenvalue weighted by Gasteiger charge is 1.94. The molecule has 0 saturated heterocycles. The Labute approximate surface area is 79.3 Å². The summed E-state index contributed by atoms with van der Waals surface area (Å²) < 4.78 is 25.6. The fourth-order valence-corrected chi connectivity index (χ4v) is 1.45. The first-order chi connectivity index (χ1) is 6.22. The molecule has 72 valence electrons. The van der Waals surface area contributed by atoms with Crippen molar-refractivity contribution in [2.45, 2.75) is 6.42 Å². The van der Waals surface area contributed by atoms with Crippen LogP contribution in [0.25, 0.3) is 0 Å². The second kappa shape index (κ2) is 4.87. The molecule has 0 aromatic heterocycles. The molecule has 0 radical (unpaired) electrons. The molecule has 0 aliphatic heterocycles. The zero-order chi connectivity index (χ0) is 9.68. The maximum Gasteiger partial charge on any atom is 0.140 e. The van der Waals surface area contributed by atoms with Crippen molar-refractivity contribution in [1.29, 1.82) is 0 Å². The minimum absolute atomic E-state index is 0.210. The molecule has 3 nitrogen and oxygen atoms in total. The smallest absolute Gasteiger partial charge is 0.140 e. The third kappa shape index (κ3) is 3.46. The van der Waals surface area contributed by atoms with Gasteiger partial charge in [0.25, 0.3) is 0 Å². The first-order valence-corrected chi connectivity index (χ1v) is 5.33. The Balaban J connectivity index is 2.59. The second-order valence-electron chi connectivity index (χ2n) is 2.65. The monoisotopic (exact) mass is 200 g/mol. The van der Waals surface area contributed by atoms with Crippen molar-refractivity contribution < 1.29 is 13.2 Å². The van der Waals surface area contributed by atoms with Gasteiger partial charge in [0, 0.05) is 0 Å². The normalized spacial score (nSPS) is 10.3. The van der Waals surface area contributed by atoms with Gasteiger partial charge in [-0.2, -0.15) is 0 Å². The van der Waals surface area contributed by atoms with Crippen LogP contribution >= 0.6 is 0 Å². The SMILES string of the molecule is COc1ccc(CC[SH](=O)=O)cc1. The van der Waals surface area contributed by atoms with Gasteiger partial charge in [-0.15, -0.1) is 0 Å². The summed E-state index contributed by atoms with van der Waals surface area (Å²) in [7, 11) is -0.666. The third-order valence-electron chi connectivity index (χ3n) is 1.74. The van der Waals surface area contributed by atoms with Crippen LogP contribution in [0.1, 0.15) is 5.56 Å². The van der Waals surface area contributed by atoms with Gasteiger partial charge in [-0.1, -0.05) is 12.1 Å². The predicted octanol–water partition coefficient (Wildman–Crippen LogP) is 0.849. The lowest BCUT2D eigenvalue weighted by Crippen LogP contribution is -1.93. The van der Waals surface area contributed by atoms with Crippen molar-refractivity contribution in [1.82, 2.24) is 0 Å². The maximum atomic E-state index is 10.3. The van der Waals surface area contributed by atoms with E-state index in [0.717, 1.165) is 11.3 Å². The summed E-state index contributed by atoms with van der Waals surface area (Å²) >= 11 is 0. The number of benzene rings is 1. The first-order valence-electron chi connectivity index (χ1n) is 3.97. The van der Waals surface area contributed by atoms with E-state index < -0.39 is 10.7 Å². The van der Waals surface area contributed by atoms with Crippen LogP contribution in [0.3, 0.4) is 0 Å². The molecule has 0 N–H and O–H groups in total. The quantitative estimate of drug-likeness (QED) is 0.733. The summed E-state index contributed by atoms with van der Waals surface area (Å²) in [6.45, 7) is 0. The summed E-state index contributed by atoms with van der Waals surface area (Å²) in [4.78, 5) is 0. The largest absolute Gasteiger partial charge is 0.497 e. The summed E-state index contributed by atoms with van der Waals surface area (Å²) in [5.41, 5.74) is 1.01. The molecule has 0 fully saturated rings. The van der Waals surface area contributed by atoms with Gasteiger partial charge >= 0.3 is 0 Å². The van der Waals surface area contributed by atoms with Crippen LogP contribution in [-0.2, 0) is 17.1 Å². The summed E-state index contributed by atoms with van der Waals surface area (Å²) in [5, 5.41) is 0. The minimum atomic E-state index is -2.27. The average molecular weight is 200 g/mol. The van der Waals surface area contributed by atoms with Crippen molar-refractivity contribution in [3.05, 3.63) is 29.8 Å². The summed E-state index contributed by atoms with van der Waals surface area (Å²) in [6, 6.07) is 7.40. The van der Waals surface area contributed by atoms with Crippen molar-refractivity contribution in [3.8, 4) is 5.75 Å². The van der Waals surface area contributed by atoms with Crippen LogP contribution in [0.15, 0.2) is 24.3 Å². The first kappa shape index (κ1) is 10.1. The Morgan fingerprint density at radius 2 is 1.85 bits per heavy atom. The number of thiol groups is 1. The lowest BCUT2D eigenvalue weighted by atomic mass is 10.2. The molecule has 1 aromatic rings. The molecule has 1 rings (SSSR count). The molecule has 0 aliphatic rings. The molecule has 0 heterocycles. The molecule has 4 heteroatoms. The predicted molar refractivity (Wildman–Crippen MR) is 51.9 cm³/mol. The zero-order valence-electron chi connectivity index (χ0n) is 7.40. The Hall–Kier alpha value is -1.03. The van der Waals surface area contributed by atoms with Gasteiger partial charge in [0.05, 0.1) is 12.9 Å².